The molecule has 2 saturated heterocycles. The monoisotopic (exact) mass is 519 g/mol. The van der Waals surface area contributed by atoms with Crippen LogP contribution in [0.5, 0.6) is 0 Å². The first kappa shape index (κ1) is 26.0. The van der Waals surface area contributed by atoms with Crippen LogP contribution in [-0.2, 0) is 4.79 Å². The van der Waals surface area contributed by atoms with Crippen molar-refractivity contribution in [3.8, 4) is 0 Å². The molecule has 1 aromatic rings. The number of hydrogen-bond donors (Lipinski definition) is 1. The highest BCUT2D eigenvalue weighted by Crippen LogP contribution is 2.37. The number of allylic oxidation sites excluding steroid dienone is 3. The molecule has 2 aliphatic carbocycles. The summed E-state index contributed by atoms with van der Waals surface area (Å²) < 4.78 is 2.10. The topological polar surface area (TPSA) is 64.3 Å². The maximum atomic E-state index is 13.1. The molecule has 6 rings (SSSR count). The average molecular weight is 520 g/mol. The minimum Gasteiger partial charge on any atom is -0.393 e. The zero-order valence-electron chi connectivity index (χ0n) is 23.2. The van der Waals surface area contributed by atoms with Crippen LogP contribution >= 0.6 is 0 Å². The second kappa shape index (κ2) is 11.1. The third-order valence-electron chi connectivity index (χ3n) is 9.82. The van der Waals surface area contributed by atoms with Gasteiger partial charge in [-0.3, -0.25) is 9.69 Å². The molecule has 5 aliphatic rings. The molecule has 1 amide bonds. The number of fused-ring (bicyclic) bond motifs is 1. The van der Waals surface area contributed by atoms with Crippen molar-refractivity contribution in [2.75, 3.05) is 39.3 Å². The fourth-order valence-electron chi connectivity index (χ4n) is 7.28. The molecule has 1 N–H and O–H groups in total. The molecule has 0 bridgehead atoms. The summed E-state index contributed by atoms with van der Waals surface area (Å²) in [5, 5.41) is 14.5. The molecule has 0 spiro atoms. The number of amides is 1. The predicted octanol–water partition coefficient (Wildman–Crippen LogP) is 4.16. The number of carbonyl (C=O) groups excluding carboxylic acids is 1. The molecule has 2 unspecified atom stereocenters. The van der Waals surface area contributed by atoms with Gasteiger partial charge in [0.15, 0.2) is 0 Å². The van der Waals surface area contributed by atoms with Gasteiger partial charge in [0.2, 0.25) is 5.91 Å². The lowest BCUT2D eigenvalue weighted by molar-refractivity contribution is -0.139. The highest BCUT2D eigenvalue weighted by atomic mass is 16.3. The Hall–Kier alpha value is -2.22. The maximum Gasteiger partial charge on any atom is 0.225 e. The smallest absolute Gasteiger partial charge is 0.225 e. The third kappa shape index (κ3) is 5.30. The first-order valence-electron chi connectivity index (χ1n) is 15.0. The molecule has 1 aromatic heterocycles. The van der Waals surface area contributed by atoms with E-state index in [1.807, 2.05) is 0 Å². The van der Waals surface area contributed by atoms with Crippen LogP contribution in [0, 0.1) is 11.8 Å². The van der Waals surface area contributed by atoms with Gasteiger partial charge in [0.25, 0.3) is 0 Å². The van der Waals surface area contributed by atoms with E-state index in [0.717, 1.165) is 64.7 Å². The molecule has 206 valence electrons. The van der Waals surface area contributed by atoms with Crippen molar-refractivity contribution >= 4 is 12.1 Å². The predicted molar refractivity (Wildman–Crippen MR) is 151 cm³/mol. The average Bonchev–Trinajstić information content (AvgIpc) is 3.61. The molecule has 0 radical (unpaired) electrons. The van der Waals surface area contributed by atoms with Crippen LogP contribution in [0.25, 0.3) is 0 Å². The van der Waals surface area contributed by atoms with E-state index >= 15 is 0 Å². The molecule has 3 fully saturated rings. The third-order valence-corrected chi connectivity index (χ3v) is 9.82. The summed E-state index contributed by atoms with van der Waals surface area (Å²) in [4.78, 5) is 20.3. The Morgan fingerprint density at radius 3 is 2.50 bits per heavy atom. The number of nitrogens with zero attached hydrogens (tertiary/aromatic N) is 5. The molecule has 1 saturated carbocycles. The zero-order valence-corrected chi connectivity index (χ0v) is 23.2. The van der Waals surface area contributed by atoms with Crippen molar-refractivity contribution in [2.24, 2.45) is 16.9 Å². The van der Waals surface area contributed by atoms with Crippen molar-refractivity contribution in [1.29, 1.82) is 0 Å². The molecular weight excluding hydrogens is 474 g/mol. The Morgan fingerprint density at radius 1 is 1.03 bits per heavy atom. The Kier molecular flexibility index (Phi) is 7.61. The van der Waals surface area contributed by atoms with Crippen LogP contribution in [0.15, 0.2) is 41.2 Å². The SMILES string of the molecule is CC(C)N1CC[C@H](C2=CCC(c3cc4n(c3)N=CCC4N3CCN(C(=O)[C@H]4CC[C@H](O)CC4)CC3)C=C2)C1. The molecular formula is C31H45N5O2. The van der Waals surface area contributed by atoms with Gasteiger partial charge < -0.3 is 14.9 Å². The second-order valence-corrected chi connectivity index (χ2v) is 12.4. The first-order chi connectivity index (χ1) is 18.5. The lowest BCUT2D eigenvalue weighted by Crippen LogP contribution is -2.51. The zero-order chi connectivity index (χ0) is 26.2. The van der Waals surface area contributed by atoms with Gasteiger partial charge in [-0.25, -0.2) is 4.68 Å². The van der Waals surface area contributed by atoms with Crippen LogP contribution in [0.1, 0.15) is 82.0 Å². The molecule has 4 heterocycles. The molecule has 0 aromatic carbocycles. The van der Waals surface area contributed by atoms with Crippen molar-refractivity contribution in [3.05, 3.63) is 47.3 Å². The largest absolute Gasteiger partial charge is 0.393 e. The molecule has 7 nitrogen and oxygen atoms in total. The number of likely N-dealkylation sites (tertiary alicyclic amines) is 1. The van der Waals surface area contributed by atoms with Gasteiger partial charge in [-0.2, -0.15) is 5.10 Å². The van der Waals surface area contributed by atoms with Crippen LogP contribution in [0.4, 0.5) is 0 Å². The van der Waals surface area contributed by atoms with Crippen LogP contribution < -0.4 is 0 Å². The van der Waals surface area contributed by atoms with Crippen LogP contribution in [0.2, 0.25) is 0 Å². The van der Waals surface area contributed by atoms with Crippen LogP contribution in [0.3, 0.4) is 0 Å². The molecule has 3 atom stereocenters. The van der Waals surface area contributed by atoms with Gasteiger partial charge in [0.05, 0.1) is 17.8 Å². The minimum absolute atomic E-state index is 0.104. The summed E-state index contributed by atoms with van der Waals surface area (Å²) in [5.41, 5.74) is 4.18. The summed E-state index contributed by atoms with van der Waals surface area (Å²) in [5.74, 6) is 1.51. The fourth-order valence-corrected chi connectivity index (χ4v) is 7.28. The number of rotatable bonds is 5. The Bertz CT molecular complexity index is 1090. The lowest BCUT2D eigenvalue weighted by Gasteiger charge is -2.41. The summed E-state index contributed by atoms with van der Waals surface area (Å²) in [7, 11) is 0. The number of aliphatic hydroxyl groups excluding tert-OH is 1. The van der Waals surface area contributed by atoms with Crippen molar-refractivity contribution in [2.45, 2.75) is 82.9 Å². The van der Waals surface area contributed by atoms with Crippen molar-refractivity contribution in [3.63, 3.8) is 0 Å². The molecule has 38 heavy (non-hydrogen) atoms. The summed E-state index contributed by atoms with van der Waals surface area (Å²) in [6, 6.07) is 3.34. The maximum absolute atomic E-state index is 13.1. The van der Waals surface area contributed by atoms with Crippen LogP contribution in [-0.4, -0.2) is 88.0 Å². The Morgan fingerprint density at radius 2 is 1.82 bits per heavy atom. The van der Waals surface area contributed by atoms with E-state index in [1.54, 1.807) is 0 Å². The number of aliphatic hydroxyl groups is 1. The van der Waals surface area contributed by atoms with Gasteiger partial charge in [-0.15, -0.1) is 0 Å². The van der Waals surface area contributed by atoms with Gasteiger partial charge in [0.1, 0.15) is 0 Å². The van der Waals surface area contributed by atoms with Crippen molar-refractivity contribution < 1.29 is 9.90 Å². The van der Waals surface area contributed by atoms with E-state index in [-0.39, 0.29) is 12.0 Å². The van der Waals surface area contributed by atoms with E-state index in [0.29, 0.717) is 29.8 Å². The standard InChI is InChI=1S/C31H45N5O2/c1-22(2)35-14-12-26(20-35)23-3-5-24(6-4-23)27-19-30-29(11-13-32-36(30)21-27)33-15-17-34(18-16-33)31(38)25-7-9-28(37)10-8-25/h3-5,13,19,21-22,24-26,28-29,37H,6-12,14-18,20H2,1-2H3/t24?,25-,26-,28-,29?/m0/s1. The van der Waals surface area contributed by atoms with Gasteiger partial charge in [-0.05, 0) is 82.0 Å². The summed E-state index contributed by atoms with van der Waals surface area (Å²) in [6.45, 7) is 10.4. The molecule has 7 heteroatoms. The van der Waals surface area contributed by atoms with Gasteiger partial charge >= 0.3 is 0 Å². The highest BCUT2D eigenvalue weighted by Gasteiger charge is 2.34. The number of aromatic nitrogens is 1. The first-order valence-corrected chi connectivity index (χ1v) is 15.0. The number of piperazine rings is 1. The van der Waals surface area contributed by atoms with E-state index < -0.39 is 0 Å². The molecule has 3 aliphatic heterocycles. The lowest BCUT2D eigenvalue weighted by atomic mass is 9.86. The normalized spacial score (nSPS) is 32.6. The Balaban J connectivity index is 1.06. The van der Waals surface area contributed by atoms with Gasteiger partial charge in [-0.1, -0.05) is 18.2 Å². The number of carbonyl (C=O) groups is 1. The Labute approximate surface area is 227 Å². The summed E-state index contributed by atoms with van der Waals surface area (Å²) in [6.07, 6.45) is 17.8. The fraction of sp³-hybridized carbons (Fsp3) is 0.677. The van der Waals surface area contributed by atoms with Gasteiger partial charge in [0, 0.05) is 69.4 Å². The number of hydrogen-bond acceptors (Lipinski definition) is 5. The van der Waals surface area contributed by atoms with E-state index in [1.165, 1.54) is 36.3 Å². The second-order valence-electron chi connectivity index (χ2n) is 12.4. The van der Waals surface area contributed by atoms with E-state index in [9.17, 15) is 9.90 Å². The summed E-state index contributed by atoms with van der Waals surface area (Å²) >= 11 is 0. The van der Waals surface area contributed by atoms with Crippen molar-refractivity contribution in [1.82, 2.24) is 19.4 Å². The minimum atomic E-state index is -0.213. The van der Waals surface area contributed by atoms with E-state index in [2.05, 4.69) is 69.9 Å². The van der Waals surface area contributed by atoms with E-state index in [4.69, 9.17) is 5.10 Å². The quantitative estimate of drug-likeness (QED) is 0.635. The highest BCUT2D eigenvalue weighted by molar-refractivity contribution is 5.79.